The Morgan fingerprint density at radius 3 is 2.46 bits per heavy atom. The van der Waals surface area contributed by atoms with Crippen molar-refractivity contribution in [2.75, 3.05) is 13.7 Å². The number of halogens is 1. The highest BCUT2D eigenvalue weighted by atomic mass is 19.1. The van der Waals surface area contributed by atoms with E-state index in [0.717, 1.165) is 24.0 Å². The Balaban J connectivity index is 1.76. The molecule has 2 aromatic carbocycles. The zero-order valence-corrected chi connectivity index (χ0v) is 16.2. The molecule has 1 saturated heterocycles. The number of carbonyl (C=O) groups is 2. The molecule has 1 fully saturated rings. The van der Waals surface area contributed by atoms with E-state index < -0.39 is 6.04 Å². The second-order valence-corrected chi connectivity index (χ2v) is 7.03. The number of methoxy groups -OCH3 is 1. The topological polar surface area (TPSA) is 58.6 Å². The number of benzene rings is 2. The first-order valence-electron chi connectivity index (χ1n) is 9.44. The van der Waals surface area contributed by atoms with Crippen LogP contribution >= 0.6 is 0 Å². The van der Waals surface area contributed by atoms with E-state index in [1.807, 2.05) is 29.2 Å². The van der Waals surface area contributed by atoms with E-state index in [4.69, 9.17) is 4.74 Å². The minimum Gasteiger partial charge on any atom is -0.497 e. The molecule has 2 amide bonds. The molecule has 6 heteroatoms. The molecule has 0 aromatic heterocycles. The van der Waals surface area contributed by atoms with Gasteiger partial charge in [0.05, 0.1) is 25.6 Å². The van der Waals surface area contributed by atoms with Crippen molar-refractivity contribution in [1.29, 1.82) is 0 Å². The zero-order valence-electron chi connectivity index (χ0n) is 16.2. The molecule has 0 radical (unpaired) electrons. The lowest BCUT2D eigenvalue weighted by atomic mass is 10.0. The molecule has 5 nitrogen and oxygen atoms in total. The van der Waals surface area contributed by atoms with E-state index in [0.29, 0.717) is 12.3 Å². The van der Waals surface area contributed by atoms with E-state index in [1.165, 1.54) is 19.1 Å². The average Bonchev–Trinajstić information content (AvgIpc) is 3.18. The molecule has 2 atom stereocenters. The highest BCUT2D eigenvalue weighted by Gasteiger charge is 2.31. The summed E-state index contributed by atoms with van der Waals surface area (Å²) in [7, 11) is 1.59. The largest absolute Gasteiger partial charge is 0.497 e. The van der Waals surface area contributed by atoms with E-state index in [1.54, 1.807) is 19.2 Å². The molecule has 1 aliphatic rings. The molecule has 2 aromatic rings. The molecule has 28 heavy (non-hydrogen) atoms. The van der Waals surface area contributed by atoms with Gasteiger partial charge in [0.2, 0.25) is 11.8 Å². The molecule has 0 unspecified atom stereocenters. The van der Waals surface area contributed by atoms with Crippen molar-refractivity contribution >= 4 is 11.8 Å². The molecule has 3 rings (SSSR count). The number of likely N-dealkylation sites (tertiary alicyclic amines) is 1. The highest BCUT2D eigenvalue weighted by molar-refractivity contribution is 5.80. The van der Waals surface area contributed by atoms with Crippen molar-refractivity contribution in [2.24, 2.45) is 0 Å². The molecule has 0 aliphatic carbocycles. The van der Waals surface area contributed by atoms with Crippen LogP contribution in [0, 0.1) is 5.82 Å². The van der Waals surface area contributed by atoms with E-state index in [9.17, 15) is 14.0 Å². The number of nitrogens with one attached hydrogen (secondary N) is 1. The number of rotatable bonds is 6. The van der Waals surface area contributed by atoms with Gasteiger partial charge >= 0.3 is 0 Å². The maximum Gasteiger partial charge on any atom is 0.225 e. The molecule has 0 bridgehead atoms. The SMILES string of the molecule is COc1ccc([C@@H](CC(=O)N2CCC[C@@H]2c2ccc(F)cc2)NC(C)=O)cc1. The van der Waals surface area contributed by atoms with Crippen molar-refractivity contribution in [1.82, 2.24) is 10.2 Å². The predicted molar refractivity (Wildman–Crippen MR) is 104 cm³/mol. The van der Waals surface area contributed by atoms with Gasteiger partial charge in [-0.1, -0.05) is 24.3 Å². The Bertz CT molecular complexity index is 821. The van der Waals surface area contributed by atoms with Crippen LogP contribution in [0.1, 0.15) is 49.4 Å². The van der Waals surface area contributed by atoms with Crippen LogP contribution in [0.25, 0.3) is 0 Å². The molecule has 1 N–H and O–H groups in total. The Morgan fingerprint density at radius 1 is 1.18 bits per heavy atom. The van der Waals surface area contributed by atoms with Gasteiger partial charge in [-0.15, -0.1) is 0 Å². The van der Waals surface area contributed by atoms with E-state index in [2.05, 4.69) is 5.32 Å². The first kappa shape index (κ1) is 19.9. The zero-order chi connectivity index (χ0) is 20.1. The normalized spacial score (nSPS) is 17.2. The molecular weight excluding hydrogens is 359 g/mol. The van der Waals surface area contributed by atoms with Crippen molar-refractivity contribution in [3.63, 3.8) is 0 Å². The minimum absolute atomic E-state index is 0.0265. The lowest BCUT2D eigenvalue weighted by Gasteiger charge is -2.27. The Hall–Kier alpha value is -2.89. The number of hydrogen-bond donors (Lipinski definition) is 1. The number of nitrogens with zero attached hydrogens (tertiary/aromatic N) is 1. The Morgan fingerprint density at radius 2 is 1.86 bits per heavy atom. The van der Waals surface area contributed by atoms with Gasteiger partial charge in [0, 0.05) is 13.5 Å². The van der Waals surface area contributed by atoms with Crippen LogP contribution in [0.4, 0.5) is 4.39 Å². The summed E-state index contributed by atoms with van der Waals surface area (Å²) in [4.78, 5) is 26.6. The van der Waals surface area contributed by atoms with Gasteiger partial charge in [-0.2, -0.15) is 0 Å². The van der Waals surface area contributed by atoms with Crippen LogP contribution in [-0.4, -0.2) is 30.4 Å². The van der Waals surface area contributed by atoms with Crippen LogP contribution in [0.2, 0.25) is 0 Å². The third-order valence-corrected chi connectivity index (χ3v) is 5.10. The summed E-state index contributed by atoms with van der Waals surface area (Å²) in [6.07, 6.45) is 1.93. The fraction of sp³-hybridized carbons (Fsp3) is 0.364. The van der Waals surface area contributed by atoms with Crippen molar-refractivity contribution in [3.05, 3.63) is 65.5 Å². The summed E-state index contributed by atoms with van der Waals surface area (Å²) >= 11 is 0. The van der Waals surface area contributed by atoms with Crippen molar-refractivity contribution in [3.8, 4) is 5.75 Å². The van der Waals surface area contributed by atoms with Gasteiger partial charge in [0.15, 0.2) is 0 Å². The molecule has 1 aliphatic heterocycles. The maximum absolute atomic E-state index is 13.2. The second kappa shape index (κ2) is 8.87. The summed E-state index contributed by atoms with van der Waals surface area (Å²) in [6.45, 7) is 2.11. The summed E-state index contributed by atoms with van der Waals surface area (Å²) in [5.74, 6) is 0.212. The van der Waals surface area contributed by atoms with Crippen LogP contribution in [0.3, 0.4) is 0 Å². The van der Waals surface area contributed by atoms with Crippen molar-refractivity contribution in [2.45, 2.75) is 38.3 Å². The van der Waals surface area contributed by atoms with E-state index >= 15 is 0 Å². The van der Waals surface area contributed by atoms with Gasteiger partial charge in [0.25, 0.3) is 0 Å². The molecular formula is C22H25FN2O3. The minimum atomic E-state index is -0.412. The van der Waals surface area contributed by atoms with Gasteiger partial charge in [-0.25, -0.2) is 4.39 Å². The highest BCUT2D eigenvalue weighted by Crippen LogP contribution is 2.33. The standard InChI is InChI=1S/C22H25FN2O3/c1-15(26)24-20(16-7-11-19(28-2)12-8-16)14-22(27)25-13-3-4-21(25)17-5-9-18(23)10-6-17/h5-12,20-21H,3-4,13-14H2,1-2H3,(H,24,26)/t20-,21-/m1/s1. The first-order chi connectivity index (χ1) is 13.5. The summed E-state index contributed by atoms with van der Waals surface area (Å²) < 4.78 is 18.4. The predicted octanol–water partition coefficient (Wildman–Crippen LogP) is 3.77. The van der Waals surface area contributed by atoms with Crippen molar-refractivity contribution < 1.29 is 18.7 Å². The summed E-state index contributed by atoms with van der Waals surface area (Å²) in [5, 5.41) is 2.87. The van der Waals surface area contributed by atoms with Gasteiger partial charge in [-0.05, 0) is 48.2 Å². The number of carbonyl (C=O) groups excluding carboxylic acids is 2. The number of ether oxygens (including phenoxy) is 1. The summed E-state index contributed by atoms with van der Waals surface area (Å²) in [6, 6.07) is 13.2. The fourth-order valence-corrected chi connectivity index (χ4v) is 3.72. The van der Waals surface area contributed by atoms with Crippen LogP contribution in [0.15, 0.2) is 48.5 Å². The van der Waals surface area contributed by atoms with Gasteiger partial charge in [0.1, 0.15) is 11.6 Å². The quantitative estimate of drug-likeness (QED) is 0.825. The Labute approximate surface area is 164 Å². The Kier molecular flexibility index (Phi) is 6.29. The van der Waals surface area contributed by atoms with Gasteiger partial charge in [-0.3, -0.25) is 9.59 Å². The monoisotopic (exact) mass is 384 g/mol. The molecule has 1 heterocycles. The number of amides is 2. The lowest BCUT2D eigenvalue weighted by Crippen LogP contribution is -2.35. The summed E-state index contributed by atoms with van der Waals surface area (Å²) in [5.41, 5.74) is 1.79. The maximum atomic E-state index is 13.2. The first-order valence-corrected chi connectivity index (χ1v) is 9.44. The lowest BCUT2D eigenvalue weighted by molar-refractivity contribution is -0.133. The van der Waals surface area contributed by atoms with Crippen LogP contribution in [0.5, 0.6) is 5.75 Å². The average molecular weight is 384 g/mol. The fourth-order valence-electron chi connectivity index (χ4n) is 3.72. The van der Waals surface area contributed by atoms with Gasteiger partial charge < -0.3 is 15.0 Å². The number of hydrogen-bond acceptors (Lipinski definition) is 3. The molecule has 0 spiro atoms. The third-order valence-electron chi connectivity index (χ3n) is 5.10. The smallest absolute Gasteiger partial charge is 0.225 e. The third kappa shape index (κ3) is 4.68. The van der Waals surface area contributed by atoms with Crippen LogP contribution < -0.4 is 10.1 Å². The second-order valence-electron chi connectivity index (χ2n) is 7.03. The molecule has 148 valence electrons. The van der Waals surface area contributed by atoms with Crippen LogP contribution in [-0.2, 0) is 9.59 Å². The molecule has 0 saturated carbocycles. The van der Waals surface area contributed by atoms with E-state index in [-0.39, 0.29) is 30.1 Å².